The Kier molecular flexibility index (Phi) is 5.81. The molecule has 2 aromatic rings. The Labute approximate surface area is 131 Å². The summed E-state index contributed by atoms with van der Waals surface area (Å²) in [4.78, 5) is 10.7. The van der Waals surface area contributed by atoms with Crippen molar-refractivity contribution in [3.63, 3.8) is 0 Å². The monoisotopic (exact) mass is 304 g/mol. The molecule has 0 aliphatic heterocycles. The molecule has 112 valence electrons. The summed E-state index contributed by atoms with van der Waals surface area (Å²) in [6.07, 6.45) is 3.92. The number of hydrogen-bond acceptors (Lipinski definition) is 4. The number of rotatable bonds is 7. The van der Waals surface area contributed by atoms with Crippen LogP contribution >= 0.6 is 11.6 Å². The van der Waals surface area contributed by atoms with Gasteiger partial charge in [0.15, 0.2) is 0 Å². The van der Waals surface area contributed by atoms with Gasteiger partial charge in [0.2, 0.25) is 0 Å². The smallest absolute Gasteiger partial charge is 0.133 e. The minimum absolute atomic E-state index is 0.648. The number of halogens is 1. The van der Waals surface area contributed by atoms with Gasteiger partial charge in [0.1, 0.15) is 18.0 Å². The molecule has 1 aromatic heterocycles. The number of aromatic nitrogens is 2. The van der Waals surface area contributed by atoms with E-state index in [9.17, 15) is 0 Å². The second kappa shape index (κ2) is 7.84. The summed E-state index contributed by atoms with van der Waals surface area (Å²) in [5, 5.41) is 4.05. The lowest BCUT2D eigenvalue weighted by atomic mass is 10.2. The van der Waals surface area contributed by atoms with E-state index in [-0.39, 0.29) is 0 Å². The molecule has 0 amide bonds. The van der Waals surface area contributed by atoms with Crippen LogP contribution in [0.3, 0.4) is 0 Å². The molecule has 1 aromatic carbocycles. The molecule has 0 saturated heterocycles. The maximum Gasteiger partial charge on any atom is 0.133 e. The largest absolute Gasteiger partial charge is 0.366 e. The van der Waals surface area contributed by atoms with Crippen molar-refractivity contribution in [2.45, 2.75) is 26.3 Å². The van der Waals surface area contributed by atoms with Gasteiger partial charge in [-0.2, -0.15) is 0 Å². The molecule has 5 heteroatoms. The summed E-state index contributed by atoms with van der Waals surface area (Å²) in [6.45, 7) is 3.83. The van der Waals surface area contributed by atoms with Gasteiger partial charge in [-0.1, -0.05) is 43.1 Å². The molecule has 4 nitrogen and oxygen atoms in total. The highest BCUT2D eigenvalue weighted by Crippen LogP contribution is 2.18. The van der Waals surface area contributed by atoms with Crippen molar-refractivity contribution >= 4 is 23.2 Å². The van der Waals surface area contributed by atoms with E-state index in [4.69, 9.17) is 11.6 Å². The van der Waals surface area contributed by atoms with E-state index in [0.717, 1.165) is 35.2 Å². The molecule has 0 unspecified atom stereocenters. The minimum Gasteiger partial charge on any atom is -0.366 e. The first-order chi connectivity index (χ1) is 10.2. The normalized spacial score (nSPS) is 10.4. The zero-order valence-electron chi connectivity index (χ0n) is 12.5. The Morgan fingerprint density at radius 1 is 1.24 bits per heavy atom. The summed E-state index contributed by atoms with van der Waals surface area (Å²) in [5.74, 6) is 1.74. The van der Waals surface area contributed by atoms with Crippen molar-refractivity contribution in [3.05, 3.63) is 47.2 Å². The van der Waals surface area contributed by atoms with Crippen LogP contribution in [-0.2, 0) is 6.54 Å². The maximum absolute atomic E-state index is 6.15. The average molecular weight is 305 g/mol. The zero-order valence-corrected chi connectivity index (χ0v) is 13.3. The fourth-order valence-electron chi connectivity index (χ4n) is 1.99. The molecule has 1 heterocycles. The van der Waals surface area contributed by atoms with Crippen LogP contribution in [0.15, 0.2) is 36.7 Å². The summed E-state index contributed by atoms with van der Waals surface area (Å²) >= 11 is 6.15. The molecule has 0 bridgehead atoms. The first-order valence-corrected chi connectivity index (χ1v) is 7.59. The molecule has 0 aliphatic carbocycles. The van der Waals surface area contributed by atoms with Gasteiger partial charge in [-0.15, -0.1) is 0 Å². The maximum atomic E-state index is 6.15. The Morgan fingerprint density at radius 2 is 2.05 bits per heavy atom. The quantitative estimate of drug-likeness (QED) is 0.840. The lowest BCUT2D eigenvalue weighted by Crippen LogP contribution is -2.19. The van der Waals surface area contributed by atoms with Crippen molar-refractivity contribution in [1.29, 1.82) is 0 Å². The molecule has 0 saturated carbocycles. The van der Waals surface area contributed by atoms with Gasteiger partial charge < -0.3 is 10.2 Å². The molecule has 0 spiro atoms. The molecule has 21 heavy (non-hydrogen) atoms. The fraction of sp³-hybridized carbons (Fsp3) is 0.375. The van der Waals surface area contributed by atoms with Gasteiger partial charge in [-0.05, 0) is 18.1 Å². The third-order valence-electron chi connectivity index (χ3n) is 3.31. The number of nitrogens with zero attached hydrogens (tertiary/aromatic N) is 3. The van der Waals surface area contributed by atoms with Crippen molar-refractivity contribution in [3.8, 4) is 0 Å². The molecular weight excluding hydrogens is 284 g/mol. The molecule has 0 atom stereocenters. The number of anilines is 2. The molecule has 0 radical (unpaired) electrons. The van der Waals surface area contributed by atoms with Gasteiger partial charge in [-0.3, -0.25) is 0 Å². The third kappa shape index (κ3) is 4.60. The summed E-state index contributed by atoms with van der Waals surface area (Å²) < 4.78 is 0. The highest BCUT2D eigenvalue weighted by atomic mass is 35.5. The van der Waals surface area contributed by atoms with E-state index < -0.39 is 0 Å². The van der Waals surface area contributed by atoms with Crippen LogP contribution in [0.4, 0.5) is 11.6 Å². The van der Waals surface area contributed by atoms with Crippen LogP contribution in [0.5, 0.6) is 0 Å². The lowest BCUT2D eigenvalue weighted by molar-refractivity contribution is 0.758. The standard InChI is InChI=1S/C16H21ClN4/c1-3-4-9-21(2)16-10-15(19-12-20-16)18-11-13-7-5-6-8-14(13)17/h5-8,10,12H,3-4,9,11H2,1-2H3,(H,18,19,20). The van der Waals surface area contributed by atoms with E-state index in [2.05, 4.69) is 34.2 Å². The Balaban J connectivity index is 1.99. The van der Waals surface area contributed by atoms with Crippen molar-refractivity contribution in [1.82, 2.24) is 9.97 Å². The van der Waals surface area contributed by atoms with E-state index >= 15 is 0 Å². The van der Waals surface area contributed by atoms with Crippen molar-refractivity contribution < 1.29 is 0 Å². The van der Waals surface area contributed by atoms with Crippen LogP contribution in [0, 0.1) is 0 Å². The minimum atomic E-state index is 0.648. The average Bonchev–Trinajstić information content (AvgIpc) is 2.52. The van der Waals surface area contributed by atoms with Crippen molar-refractivity contribution in [2.75, 3.05) is 23.8 Å². The van der Waals surface area contributed by atoms with E-state index in [1.165, 1.54) is 6.42 Å². The predicted molar refractivity (Wildman–Crippen MR) is 89.0 cm³/mol. The second-order valence-electron chi connectivity index (χ2n) is 4.98. The Morgan fingerprint density at radius 3 is 2.81 bits per heavy atom. The Hall–Kier alpha value is -1.81. The van der Waals surface area contributed by atoms with Crippen molar-refractivity contribution in [2.24, 2.45) is 0 Å². The van der Waals surface area contributed by atoms with E-state index in [1.807, 2.05) is 30.3 Å². The number of benzene rings is 1. The van der Waals surface area contributed by atoms with Gasteiger partial charge in [0.05, 0.1) is 0 Å². The van der Waals surface area contributed by atoms with Crippen LogP contribution < -0.4 is 10.2 Å². The van der Waals surface area contributed by atoms with Gasteiger partial charge in [0.25, 0.3) is 0 Å². The van der Waals surface area contributed by atoms with E-state index in [1.54, 1.807) is 6.33 Å². The van der Waals surface area contributed by atoms with Gasteiger partial charge in [-0.25, -0.2) is 9.97 Å². The van der Waals surface area contributed by atoms with Crippen LogP contribution in [0.25, 0.3) is 0 Å². The molecule has 0 aliphatic rings. The van der Waals surface area contributed by atoms with Gasteiger partial charge >= 0.3 is 0 Å². The first kappa shape index (κ1) is 15.6. The number of hydrogen-bond donors (Lipinski definition) is 1. The topological polar surface area (TPSA) is 41.0 Å². The van der Waals surface area contributed by atoms with E-state index in [0.29, 0.717) is 6.54 Å². The Bertz CT molecular complexity index is 574. The lowest BCUT2D eigenvalue weighted by Gasteiger charge is -2.18. The fourth-order valence-corrected chi connectivity index (χ4v) is 2.19. The summed E-state index contributed by atoms with van der Waals surface area (Å²) in [5.41, 5.74) is 1.05. The molecule has 2 rings (SSSR count). The predicted octanol–water partition coefficient (Wildman–Crippen LogP) is 3.98. The molecule has 1 N–H and O–H groups in total. The number of nitrogens with one attached hydrogen (secondary N) is 1. The molecule has 0 fully saturated rings. The summed E-state index contributed by atoms with van der Waals surface area (Å²) in [6, 6.07) is 9.77. The highest BCUT2D eigenvalue weighted by molar-refractivity contribution is 6.31. The van der Waals surface area contributed by atoms with Crippen LogP contribution in [0.2, 0.25) is 5.02 Å². The number of unbranched alkanes of at least 4 members (excludes halogenated alkanes) is 1. The van der Waals surface area contributed by atoms with Crippen LogP contribution in [-0.4, -0.2) is 23.6 Å². The molecular formula is C16H21ClN4. The zero-order chi connectivity index (χ0) is 15.1. The first-order valence-electron chi connectivity index (χ1n) is 7.21. The van der Waals surface area contributed by atoms with Gasteiger partial charge in [0, 0.05) is 31.2 Å². The second-order valence-corrected chi connectivity index (χ2v) is 5.39. The third-order valence-corrected chi connectivity index (χ3v) is 3.68. The highest BCUT2D eigenvalue weighted by Gasteiger charge is 2.05. The SMILES string of the molecule is CCCCN(C)c1cc(NCc2ccccc2Cl)ncn1. The van der Waals surface area contributed by atoms with Crippen LogP contribution in [0.1, 0.15) is 25.3 Å². The summed E-state index contributed by atoms with van der Waals surface area (Å²) in [7, 11) is 2.05.